The highest BCUT2D eigenvalue weighted by atomic mass is 15.3. The summed E-state index contributed by atoms with van der Waals surface area (Å²) in [6.45, 7) is 6.30. The van der Waals surface area contributed by atoms with Gasteiger partial charge in [-0.1, -0.05) is 13.8 Å². The first kappa shape index (κ1) is 15.0. The normalized spacial score (nSPS) is 18.2. The molecule has 1 aliphatic rings. The molecule has 24 heavy (non-hydrogen) atoms. The Balaban J connectivity index is 1.74. The van der Waals surface area contributed by atoms with Crippen molar-refractivity contribution >= 4 is 16.9 Å². The maximum absolute atomic E-state index is 4.56. The number of aromatic nitrogens is 7. The summed E-state index contributed by atoms with van der Waals surface area (Å²) in [5.74, 6) is 2.52. The zero-order valence-corrected chi connectivity index (χ0v) is 14.3. The Morgan fingerprint density at radius 3 is 3.00 bits per heavy atom. The lowest BCUT2D eigenvalue weighted by atomic mass is 10.1. The number of nitrogens with zero attached hydrogens (tertiary/aromatic N) is 8. The summed E-state index contributed by atoms with van der Waals surface area (Å²) in [5.41, 5.74) is 0.856. The average molecular weight is 326 g/mol. The van der Waals surface area contributed by atoms with E-state index in [2.05, 4.69) is 48.6 Å². The highest BCUT2D eigenvalue weighted by Crippen LogP contribution is 2.36. The van der Waals surface area contributed by atoms with Gasteiger partial charge in [0, 0.05) is 20.1 Å². The molecule has 1 saturated heterocycles. The molecule has 1 unspecified atom stereocenters. The number of hydrogen-bond acceptors (Lipinski definition) is 6. The summed E-state index contributed by atoms with van der Waals surface area (Å²) < 4.78 is 3.96. The SMILES string of the molecule is CC(C)Cn1cnnc1C1CCCN1c1ncnc2c1cnn2C. The highest BCUT2D eigenvalue weighted by Gasteiger charge is 2.32. The molecule has 0 bridgehead atoms. The van der Waals surface area contributed by atoms with Crippen LogP contribution in [0.3, 0.4) is 0 Å². The fourth-order valence-electron chi connectivity index (χ4n) is 3.52. The van der Waals surface area contributed by atoms with Crippen LogP contribution >= 0.6 is 0 Å². The fraction of sp³-hybridized carbons (Fsp3) is 0.562. The molecular formula is C16H22N8. The van der Waals surface area contributed by atoms with E-state index in [0.717, 1.165) is 48.6 Å². The second-order valence-electron chi connectivity index (χ2n) is 6.79. The monoisotopic (exact) mass is 326 g/mol. The molecular weight excluding hydrogens is 304 g/mol. The molecule has 4 heterocycles. The summed E-state index contributed by atoms with van der Waals surface area (Å²) in [4.78, 5) is 11.2. The highest BCUT2D eigenvalue weighted by molar-refractivity contribution is 5.86. The smallest absolute Gasteiger partial charge is 0.163 e. The van der Waals surface area contributed by atoms with E-state index in [1.165, 1.54) is 0 Å². The fourth-order valence-corrected chi connectivity index (χ4v) is 3.52. The molecule has 0 aliphatic carbocycles. The van der Waals surface area contributed by atoms with Crippen LogP contribution in [0.4, 0.5) is 5.82 Å². The summed E-state index contributed by atoms with van der Waals surface area (Å²) >= 11 is 0. The standard InChI is InChI=1S/C16H22N8/c1-11(2)8-23-10-19-21-16(23)13-5-4-6-24(13)15-12-7-20-22(3)14(12)17-9-18-15/h7,9-11,13H,4-6,8H2,1-3H3. The zero-order valence-electron chi connectivity index (χ0n) is 14.3. The first-order chi connectivity index (χ1) is 11.6. The number of aryl methyl sites for hydroxylation is 1. The lowest BCUT2D eigenvalue weighted by molar-refractivity contribution is 0.487. The van der Waals surface area contributed by atoms with Gasteiger partial charge in [0.2, 0.25) is 0 Å². The molecule has 3 aromatic heterocycles. The van der Waals surface area contributed by atoms with Crippen molar-refractivity contribution in [2.24, 2.45) is 13.0 Å². The van der Waals surface area contributed by atoms with E-state index >= 15 is 0 Å². The number of anilines is 1. The number of rotatable bonds is 4. The van der Waals surface area contributed by atoms with Crippen LogP contribution in [0.2, 0.25) is 0 Å². The molecule has 1 atom stereocenters. The number of fused-ring (bicyclic) bond motifs is 1. The molecule has 1 aliphatic heterocycles. The quantitative estimate of drug-likeness (QED) is 0.729. The van der Waals surface area contributed by atoms with E-state index in [1.54, 1.807) is 11.0 Å². The van der Waals surface area contributed by atoms with Gasteiger partial charge in [0.25, 0.3) is 0 Å². The molecule has 4 rings (SSSR count). The predicted molar refractivity (Wildman–Crippen MR) is 90.5 cm³/mol. The second-order valence-corrected chi connectivity index (χ2v) is 6.79. The van der Waals surface area contributed by atoms with E-state index in [1.807, 2.05) is 19.6 Å². The molecule has 0 amide bonds. The molecule has 0 spiro atoms. The van der Waals surface area contributed by atoms with Crippen molar-refractivity contribution in [2.45, 2.75) is 39.3 Å². The maximum Gasteiger partial charge on any atom is 0.163 e. The van der Waals surface area contributed by atoms with Gasteiger partial charge in [-0.05, 0) is 18.8 Å². The first-order valence-electron chi connectivity index (χ1n) is 8.42. The summed E-state index contributed by atoms with van der Waals surface area (Å²) in [7, 11) is 1.90. The maximum atomic E-state index is 4.56. The van der Waals surface area contributed by atoms with Crippen molar-refractivity contribution in [2.75, 3.05) is 11.4 Å². The average Bonchev–Trinajstić information content (AvgIpc) is 3.26. The Morgan fingerprint density at radius 1 is 1.29 bits per heavy atom. The van der Waals surface area contributed by atoms with Crippen LogP contribution in [-0.4, -0.2) is 41.1 Å². The van der Waals surface area contributed by atoms with Gasteiger partial charge in [0.15, 0.2) is 11.5 Å². The Morgan fingerprint density at radius 2 is 2.17 bits per heavy atom. The van der Waals surface area contributed by atoms with Gasteiger partial charge in [-0.25, -0.2) is 9.97 Å². The summed E-state index contributed by atoms with van der Waals surface area (Å²) in [6.07, 6.45) is 7.48. The Labute approximate surface area is 140 Å². The van der Waals surface area contributed by atoms with E-state index < -0.39 is 0 Å². The van der Waals surface area contributed by atoms with Gasteiger partial charge in [-0.2, -0.15) is 5.10 Å². The molecule has 0 aromatic carbocycles. The third-order valence-electron chi connectivity index (χ3n) is 4.54. The van der Waals surface area contributed by atoms with Crippen molar-refractivity contribution in [3.63, 3.8) is 0 Å². The topological polar surface area (TPSA) is 77.6 Å². The van der Waals surface area contributed by atoms with E-state index in [4.69, 9.17) is 0 Å². The van der Waals surface area contributed by atoms with Crippen molar-refractivity contribution in [3.05, 3.63) is 24.7 Å². The van der Waals surface area contributed by atoms with Crippen LogP contribution in [0.1, 0.15) is 38.6 Å². The molecule has 0 radical (unpaired) electrons. The summed E-state index contributed by atoms with van der Waals surface area (Å²) in [6, 6.07) is 0.199. The van der Waals surface area contributed by atoms with E-state index in [9.17, 15) is 0 Å². The van der Waals surface area contributed by atoms with Crippen molar-refractivity contribution < 1.29 is 0 Å². The second kappa shape index (κ2) is 5.85. The molecule has 8 nitrogen and oxygen atoms in total. The van der Waals surface area contributed by atoms with Crippen LogP contribution in [0, 0.1) is 5.92 Å². The molecule has 0 N–H and O–H groups in total. The third-order valence-corrected chi connectivity index (χ3v) is 4.54. The van der Waals surface area contributed by atoms with E-state index in [-0.39, 0.29) is 6.04 Å². The van der Waals surface area contributed by atoms with Crippen molar-refractivity contribution in [1.29, 1.82) is 0 Å². The van der Waals surface area contributed by atoms with Gasteiger partial charge < -0.3 is 9.47 Å². The minimum atomic E-state index is 0.199. The summed E-state index contributed by atoms with van der Waals surface area (Å²) in [5, 5.41) is 13.9. The minimum Gasteiger partial charge on any atom is -0.346 e. The van der Waals surface area contributed by atoms with Gasteiger partial charge in [-0.15, -0.1) is 10.2 Å². The van der Waals surface area contributed by atoms with Gasteiger partial charge in [0.1, 0.15) is 18.5 Å². The Kier molecular flexibility index (Phi) is 3.66. The van der Waals surface area contributed by atoms with Gasteiger partial charge >= 0.3 is 0 Å². The van der Waals surface area contributed by atoms with Gasteiger partial charge in [0.05, 0.1) is 17.6 Å². The third kappa shape index (κ3) is 2.42. The van der Waals surface area contributed by atoms with Crippen LogP contribution in [0.5, 0.6) is 0 Å². The first-order valence-corrected chi connectivity index (χ1v) is 8.42. The van der Waals surface area contributed by atoms with Crippen LogP contribution in [0.25, 0.3) is 11.0 Å². The Bertz CT molecular complexity index is 849. The van der Waals surface area contributed by atoms with Crippen LogP contribution in [-0.2, 0) is 13.6 Å². The molecule has 126 valence electrons. The van der Waals surface area contributed by atoms with Crippen molar-refractivity contribution in [1.82, 2.24) is 34.5 Å². The minimum absolute atomic E-state index is 0.199. The molecule has 0 saturated carbocycles. The molecule has 3 aromatic rings. The largest absolute Gasteiger partial charge is 0.346 e. The Hall–Kier alpha value is -2.51. The molecule has 8 heteroatoms. The van der Waals surface area contributed by atoms with Crippen molar-refractivity contribution in [3.8, 4) is 0 Å². The predicted octanol–water partition coefficient (Wildman–Crippen LogP) is 1.95. The lowest BCUT2D eigenvalue weighted by Gasteiger charge is -2.26. The van der Waals surface area contributed by atoms with Crippen LogP contribution in [0.15, 0.2) is 18.9 Å². The number of hydrogen-bond donors (Lipinski definition) is 0. The van der Waals surface area contributed by atoms with E-state index in [0.29, 0.717) is 5.92 Å². The molecule has 1 fully saturated rings. The van der Waals surface area contributed by atoms with Gasteiger partial charge in [-0.3, -0.25) is 4.68 Å². The lowest BCUT2D eigenvalue weighted by Crippen LogP contribution is -2.26. The van der Waals surface area contributed by atoms with Crippen LogP contribution < -0.4 is 4.90 Å². The zero-order chi connectivity index (χ0) is 16.7.